The van der Waals surface area contributed by atoms with Gasteiger partial charge in [-0.1, -0.05) is 40.0 Å². The zero-order valence-electron chi connectivity index (χ0n) is 8.32. The molecule has 0 saturated heterocycles. The third-order valence-electron chi connectivity index (χ3n) is 2.04. The van der Waals surface area contributed by atoms with E-state index in [4.69, 9.17) is 0 Å². The predicted molar refractivity (Wildman–Crippen MR) is 51.8 cm³/mol. The molecule has 0 radical (unpaired) electrons. The first-order valence-corrected chi connectivity index (χ1v) is 5.02. The van der Waals surface area contributed by atoms with E-state index >= 15 is 0 Å². The van der Waals surface area contributed by atoms with Crippen molar-refractivity contribution >= 4 is 0 Å². The highest BCUT2D eigenvalue weighted by atomic mass is 14.8. The molecule has 0 bridgehead atoms. The minimum Gasteiger partial charge on any atom is -0.317 e. The highest BCUT2D eigenvalue weighted by Gasteiger charge is 1.98. The van der Waals surface area contributed by atoms with Gasteiger partial charge in [0.05, 0.1) is 0 Å². The van der Waals surface area contributed by atoms with Crippen molar-refractivity contribution < 1.29 is 0 Å². The molecule has 0 fully saturated rings. The van der Waals surface area contributed by atoms with Crippen LogP contribution < -0.4 is 5.32 Å². The van der Waals surface area contributed by atoms with Gasteiger partial charge in [0, 0.05) is 0 Å². The van der Waals surface area contributed by atoms with E-state index in [1.165, 1.54) is 32.2 Å². The summed E-state index contributed by atoms with van der Waals surface area (Å²) in [5.41, 5.74) is 0. The van der Waals surface area contributed by atoms with Gasteiger partial charge in [0.25, 0.3) is 0 Å². The Labute approximate surface area is 71.6 Å². The van der Waals surface area contributed by atoms with Crippen LogP contribution >= 0.6 is 0 Å². The molecule has 0 aliphatic rings. The lowest BCUT2D eigenvalue weighted by Crippen LogP contribution is -2.20. The van der Waals surface area contributed by atoms with Gasteiger partial charge in [0.2, 0.25) is 0 Å². The van der Waals surface area contributed by atoms with Gasteiger partial charge in [0.15, 0.2) is 0 Å². The molecule has 0 rings (SSSR count). The molecule has 11 heavy (non-hydrogen) atoms. The van der Waals surface area contributed by atoms with Crippen LogP contribution in [0.2, 0.25) is 0 Å². The van der Waals surface area contributed by atoms with Crippen LogP contribution in [0.1, 0.15) is 46.5 Å². The molecule has 0 spiro atoms. The molecule has 1 nitrogen and oxygen atoms in total. The average Bonchev–Trinajstić information content (AvgIpc) is 2.01. The van der Waals surface area contributed by atoms with E-state index in [2.05, 4.69) is 26.1 Å². The van der Waals surface area contributed by atoms with Crippen LogP contribution in [0.25, 0.3) is 0 Å². The van der Waals surface area contributed by atoms with Gasteiger partial charge in [-0.15, -0.1) is 0 Å². The molecule has 0 saturated carbocycles. The first kappa shape index (κ1) is 11.0. The van der Waals surface area contributed by atoms with Gasteiger partial charge in [-0.3, -0.25) is 0 Å². The molecule has 1 N–H and O–H groups in total. The van der Waals surface area contributed by atoms with Gasteiger partial charge in [-0.25, -0.2) is 0 Å². The van der Waals surface area contributed by atoms with Crippen LogP contribution in [0.3, 0.4) is 0 Å². The smallest absolute Gasteiger partial charge is 0.00233 e. The van der Waals surface area contributed by atoms with Gasteiger partial charge in [-0.05, 0) is 25.4 Å². The fraction of sp³-hybridized carbons (Fsp3) is 1.00. The molecule has 0 aromatic carbocycles. The van der Waals surface area contributed by atoms with Crippen molar-refractivity contribution in [2.45, 2.75) is 46.5 Å². The minimum atomic E-state index is 0.862. The molecule has 1 unspecified atom stereocenters. The van der Waals surface area contributed by atoms with E-state index in [1.807, 2.05) is 0 Å². The molecule has 0 amide bonds. The summed E-state index contributed by atoms with van der Waals surface area (Å²) in [6.07, 6.45) is 5.54. The van der Waals surface area contributed by atoms with E-state index in [9.17, 15) is 0 Å². The monoisotopic (exact) mass is 157 g/mol. The van der Waals surface area contributed by atoms with Crippen LogP contribution in [0, 0.1) is 5.92 Å². The maximum absolute atomic E-state index is 3.37. The van der Waals surface area contributed by atoms with Crippen LogP contribution in [0.4, 0.5) is 0 Å². The van der Waals surface area contributed by atoms with E-state index in [0.717, 1.165) is 12.5 Å². The SMILES string of the molecule is CCCCCC(C)CNCC. The molecule has 0 aliphatic carbocycles. The number of hydrogen-bond donors (Lipinski definition) is 1. The lowest BCUT2D eigenvalue weighted by Gasteiger charge is -2.10. The summed E-state index contributed by atoms with van der Waals surface area (Å²) in [5, 5.41) is 3.37. The molecular formula is C10H23N. The first-order valence-electron chi connectivity index (χ1n) is 5.02. The molecule has 1 atom stereocenters. The summed E-state index contributed by atoms with van der Waals surface area (Å²) >= 11 is 0. The van der Waals surface area contributed by atoms with E-state index in [1.54, 1.807) is 0 Å². The second-order valence-electron chi connectivity index (χ2n) is 3.41. The Hall–Kier alpha value is -0.0400. The first-order chi connectivity index (χ1) is 5.31. The van der Waals surface area contributed by atoms with Crippen molar-refractivity contribution in [3.05, 3.63) is 0 Å². The summed E-state index contributed by atoms with van der Waals surface area (Å²) in [4.78, 5) is 0. The van der Waals surface area contributed by atoms with E-state index < -0.39 is 0 Å². The van der Waals surface area contributed by atoms with Crippen LogP contribution in [-0.2, 0) is 0 Å². The zero-order valence-corrected chi connectivity index (χ0v) is 8.32. The number of hydrogen-bond acceptors (Lipinski definition) is 1. The summed E-state index contributed by atoms with van der Waals surface area (Å²) in [6.45, 7) is 9.06. The van der Waals surface area contributed by atoms with Gasteiger partial charge in [0.1, 0.15) is 0 Å². The molecule has 0 aliphatic heterocycles. The molecule has 1 heteroatoms. The Morgan fingerprint density at radius 1 is 1.18 bits per heavy atom. The largest absolute Gasteiger partial charge is 0.317 e. The van der Waals surface area contributed by atoms with Crippen molar-refractivity contribution in [3.8, 4) is 0 Å². The Balaban J connectivity index is 3.02. The Morgan fingerprint density at radius 3 is 2.45 bits per heavy atom. The topological polar surface area (TPSA) is 12.0 Å². The summed E-state index contributed by atoms with van der Waals surface area (Å²) in [5.74, 6) is 0.862. The third kappa shape index (κ3) is 7.86. The summed E-state index contributed by atoms with van der Waals surface area (Å²) in [7, 11) is 0. The maximum Gasteiger partial charge on any atom is -0.00233 e. The minimum absolute atomic E-state index is 0.862. The second-order valence-corrected chi connectivity index (χ2v) is 3.41. The van der Waals surface area contributed by atoms with Crippen LogP contribution in [-0.4, -0.2) is 13.1 Å². The Bertz CT molecular complexity index is 71.3. The van der Waals surface area contributed by atoms with Crippen molar-refractivity contribution in [1.82, 2.24) is 5.32 Å². The third-order valence-corrected chi connectivity index (χ3v) is 2.04. The normalized spacial score (nSPS) is 13.4. The van der Waals surface area contributed by atoms with Crippen molar-refractivity contribution in [3.63, 3.8) is 0 Å². The quantitative estimate of drug-likeness (QED) is 0.560. The highest BCUT2D eigenvalue weighted by molar-refractivity contribution is 4.55. The maximum atomic E-state index is 3.37. The van der Waals surface area contributed by atoms with E-state index in [0.29, 0.717) is 0 Å². The lowest BCUT2D eigenvalue weighted by molar-refractivity contribution is 0.464. The van der Waals surface area contributed by atoms with Gasteiger partial charge in [-0.2, -0.15) is 0 Å². The lowest BCUT2D eigenvalue weighted by atomic mass is 10.0. The highest BCUT2D eigenvalue weighted by Crippen LogP contribution is 2.07. The molecular weight excluding hydrogens is 134 g/mol. The van der Waals surface area contributed by atoms with Crippen LogP contribution in [0.15, 0.2) is 0 Å². The van der Waals surface area contributed by atoms with Crippen LogP contribution in [0.5, 0.6) is 0 Å². The Kier molecular flexibility index (Phi) is 8.03. The molecule has 0 heterocycles. The van der Waals surface area contributed by atoms with Gasteiger partial charge < -0.3 is 5.32 Å². The second kappa shape index (κ2) is 8.06. The molecule has 0 aromatic heterocycles. The van der Waals surface area contributed by atoms with E-state index in [-0.39, 0.29) is 0 Å². The number of nitrogens with one attached hydrogen (secondary N) is 1. The average molecular weight is 157 g/mol. The summed E-state index contributed by atoms with van der Waals surface area (Å²) in [6, 6.07) is 0. The predicted octanol–water partition coefficient (Wildman–Crippen LogP) is 2.81. The van der Waals surface area contributed by atoms with Crippen molar-refractivity contribution in [2.24, 2.45) is 5.92 Å². The zero-order chi connectivity index (χ0) is 8.53. The number of unbranched alkanes of at least 4 members (excludes halogenated alkanes) is 2. The Morgan fingerprint density at radius 2 is 1.91 bits per heavy atom. The number of rotatable bonds is 7. The fourth-order valence-electron chi connectivity index (χ4n) is 1.24. The fourth-order valence-corrected chi connectivity index (χ4v) is 1.24. The van der Waals surface area contributed by atoms with Gasteiger partial charge >= 0.3 is 0 Å². The van der Waals surface area contributed by atoms with Crippen molar-refractivity contribution in [2.75, 3.05) is 13.1 Å². The molecule has 0 aromatic rings. The molecule has 68 valence electrons. The summed E-state index contributed by atoms with van der Waals surface area (Å²) < 4.78 is 0. The standard InChI is InChI=1S/C10H23N/c1-4-6-7-8-10(3)9-11-5-2/h10-11H,4-9H2,1-3H3. The van der Waals surface area contributed by atoms with Crippen molar-refractivity contribution in [1.29, 1.82) is 0 Å².